The van der Waals surface area contributed by atoms with Crippen LogP contribution in [-0.2, 0) is 0 Å². The van der Waals surface area contributed by atoms with Crippen molar-refractivity contribution in [2.45, 2.75) is 38.6 Å². The molecule has 0 atom stereocenters. The van der Waals surface area contributed by atoms with Crippen LogP contribution in [0.5, 0.6) is 11.6 Å². The van der Waals surface area contributed by atoms with Gasteiger partial charge in [-0.3, -0.25) is 15.7 Å². The number of nitrogens with one attached hydrogen (secondary N) is 1. The van der Waals surface area contributed by atoms with Crippen molar-refractivity contribution in [1.29, 1.82) is 0 Å². The maximum absolute atomic E-state index is 9.44. The van der Waals surface area contributed by atoms with Gasteiger partial charge in [0.15, 0.2) is 5.84 Å². The first-order valence-corrected chi connectivity index (χ1v) is 8.89. The molecule has 0 bridgehead atoms. The van der Waals surface area contributed by atoms with Crippen molar-refractivity contribution in [3.05, 3.63) is 53.2 Å². The molecule has 2 N–H and O–H groups in total. The molecule has 0 saturated heterocycles. The molecule has 3 rings (SSSR count). The number of nitrogens with zero attached hydrogens (tertiary/aromatic N) is 2. The number of pyridine rings is 1. The first-order chi connectivity index (χ1) is 12.1. The molecule has 0 radical (unpaired) electrons. The summed E-state index contributed by atoms with van der Waals surface area (Å²) in [6.07, 6.45) is 6.10. The van der Waals surface area contributed by atoms with Crippen LogP contribution in [0.2, 0.25) is 5.02 Å². The van der Waals surface area contributed by atoms with Gasteiger partial charge in [-0.25, -0.2) is 4.98 Å². The fraction of sp³-hybridized carbons (Fsp3) is 0.368. The number of hydroxylamine groups is 1. The molecule has 2 aromatic rings. The van der Waals surface area contributed by atoms with E-state index in [-0.39, 0.29) is 6.04 Å². The monoisotopic (exact) mass is 359 g/mol. The lowest BCUT2D eigenvalue weighted by molar-refractivity contribution is 0.233. The quantitative estimate of drug-likeness (QED) is 0.466. The van der Waals surface area contributed by atoms with Gasteiger partial charge in [-0.1, -0.05) is 18.5 Å². The Bertz CT molecular complexity index is 708. The van der Waals surface area contributed by atoms with Gasteiger partial charge < -0.3 is 4.74 Å². The Balaban J connectivity index is 1.68. The zero-order valence-electron chi connectivity index (χ0n) is 14.2. The third kappa shape index (κ3) is 4.94. The van der Waals surface area contributed by atoms with Gasteiger partial charge in [0.1, 0.15) is 5.75 Å². The summed E-state index contributed by atoms with van der Waals surface area (Å²) in [6.45, 7) is 2.27. The van der Waals surface area contributed by atoms with Crippen molar-refractivity contribution < 1.29 is 9.94 Å². The predicted octanol–water partition coefficient (Wildman–Crippen LogP) is 4.83. The minimum absolute atomic E-state index is 0.246. The van der Waals surface area contributed by atoms with Crippen molar-refractivity contribution in [3.8, 4) is 11.6 Å². The van der Waals surface area contributed by atoms with Crippen molar-refractivity contribution in [2.24, 2.45) is 10.9 Å². The Morgan fingerprint density at radius 2 is 1.88 bits per heavy atom. The molecule has 1 heterocycles. The number of ether oxygens (including phenoxy) is 1. The van der Waals surface area contributed by atoms with Crippen molar-refractivity contribution >= 4 is 17.4 Å². The number of amidine groups is 1. The van der Waals surface area contributed by atoms with Gasteiger partial charge in [-0.05, 0) is 61.9 Å². The van der Waals surface area contributed by atoms with E-state index in [0.29, 0.717) is 22.5 Å². The third-order valence-electron chi connectivity index (χ3n) is 4.45. The topological polar surface area (TPSA) is 66.7 Å². The van der Waals surface area contributed by atoms with E-state index in [1.54, 1.807) is 36.5 Å². The second-order valence-corrected chi connectivity index (χ2v) is 6.88. The maximum Gasteiger partial charge on any atom is 0.219 e. The summed E-state index contributed by atoms with van der Waals surface area (Å²) in [7, 11) is 0. The van der Waals surface area contributed by atoms with Crippen LogP contribution >= 0.6 is 11.6 Å². The average molecular weight is 360 g/mol. The lowest BCUT2D eigenvalue weighted by atomic mass is 9.88. The minimum atomic E-state index is 0.246. The van der Waals surface area contributed by atoms with Crippen LogP contribution in [0.3, 0.4) is 0 Å². The Hall–Kier alpha value is -2.11. The second kappa shape index (κ2) is 8.32. The highest BCUT2D eigenvalue weighted by atomic mass is 35.5. The maximum atomic E-state index is 9.44. The summed E-state index contributed by atoms with van der Waals surface area (Å²) in [5.41, 5.74) is 2.93. The summed E-state index contributed by atoms with van der Waals surface area (Å²) in [5, 5.41) is 10.1. The highest BCUT2D eigenvalue weighted by molar-refractivity contribution is 6.30. The molecule has 1 aliphatic rings. The van der Waals surface area contributed by atoms with Gasteiger partial charge in [0.05, 0.1) is 6.04 Å². The van der Waals surface area contributed by atoms with Crippen LogP contribution in [0.1, 0.15) is 38.2 Å². The Morgan fingerprint density at radius 1 is 1.16 bits per heavy atom. The van der Waals surface area contributed by atoms with Crippen molar-refractivity contribution in [1.82, 2.24) is 10.5 Å². The molecular weight excluding hydrogens is 338 g/mol. The molecule has 1 saturated carbocycles. The van der Waals surface area contributed by atoms with E-state index >= 15 is 0 Å². The average Bonchev–Trinajstić information content (AvgIpc) is 2.64. The van der Waals surface area contributed by atoms with Gasteiger partial charge in [0.25, 0.3) is 0 Å². The molecule has 0 aliphatic heterocycles. The highest BCUT2D eigenvalue weighted by Gasteiger charge is 2.18. The normalized spacial score (nSPS) is 21.0. The lowest BCUT2D eigenvalue weighted by Crippen LogP contribution is -2.25. The number of halogens is 1. The Kier molecular flexibility index (Phi) is 5.89. The highest BCUT2D eigenvalue weighted by Crippen LogP contribution is 2.26. The number of hydrogen-bond donors (Lipinski definition) is 2. The molecule has 1 aliphatic carbocycles. The van der Waals surface area contributed by atoms with Crippen LogP contribution in [-0.4, -0.2) is 22.1 Å². The number of aliphatic imine (C=N–C) groups is 1. The molecule has 132 valence electrons. The molecule has 1 aromatic carbocycles. The van der Waals surface area contributed by atoms with Crippen LogP contribution in [0.25, 0.3) is 0 Å². The molecular formula is C19H22ClN3O2. The molecule has 0 amide bonds. The molecule has 0 spiro atoms. The molecule has 1 fully saturated rings. The smallest absolute Gasteiger partial charge is 0.219 e. The molecule has 1 aromatic heterocycles. The van der Waals surface area contributed by atoms with Crippen LogP contribution in [0.4, 0.5) is 0 Å². The zero-order chi connectivity index (χ0) is 17.6. The predicted molar refractivity (Wildman–Crippen MR) is 98.6 cm³/mol. The molecule has 5 nitrogen and oxygen atoms in total. The number of aromatic nitrogens is 1. The number of rotatable bonds is 4. The summed E-state index contributed by atoms with van der Waals surface area (Å²) >= 11 is 5.86. The molecule has 25 heavy (non-hydrogen) atoms. The van der Waals surface area contributed by atoms with E-state index in [4.69, 9.17) is 16.3 Å². The van der Waals surface area contributed by atoms with E-state index < -0.39 is 0 Å². The van der Waals surface area contributed by atoms with Crippen LogP contribution < -0.4 is 10.2 Å². The minimum Gasteiger partial charge on any atom is -0.439 e. The van der Waals surface area contributed by atoms with Gasteiger partial charge in [-0.2, -0.15) is 0 Å². The Morgan fingerprint density at radius 3 is 2.48 bits per heavy atom. The second-order valence-electron chi connectivity index (χ2n) is 6.44. The summed E-state index contributed by atoms with van der Waals surface area (Å²) in [5.74, 6) is 2.35. The van der Waals surface area contributed by atoms with E-state index in [2.05, 4.69) is 22.4 Å². The first kappa shape index (κ1) is 17.7. The summed E-state index contributed by atoms with van der Waals surface area (Å²) < 4.78 is 5.67. The SMILES string of the molecule is CC1CCC(N=C(NO)c2ccc(Oc3ccc(Cl)cc3)nc2)CC1. The van der Waals surface area contributed by atoms with E-state index in [1.165, 1.54) is 12.8 Å². The van der Waals surface area contributed by atoms with E-state index in [9.17, 15) is 5.21 Å². The largest absolute Gasteiger partial charge is 0.439 e. The van der Waals surface area contributed by atoms with Gasteiger partial charge in [0, 0.05) is 22.8 Å². The van der Waals surface area contributed by atoms with Gasteiger partial charge in [0.2, 0.25) is 5.88 Å². The van der Waals surface area contributed by atoms with Gasteiger partial charge >= 0.3 is 0 Å². The third-order valence-corrected chi connectivity index (χ3v) is 4.70. The standard InChI is InChI=1S/C19H22ClN3O2/c1-13-2-7-16(8-3-13)22-19(23-24)14-4-11-18(21-12-14)25-17-9-5-15(20)6-10-17/h4-6,9-13,16,24H,2-3,7-8H2,1H3,(H,22,23). The lowest BCUT2D eigenvalue weighted by Gasteiger charge is -2.23. The van der Waals surface area contributed by atoms with E-state index in [0.717, 1.165) is 24.3 Å². The summed E-state index contributed by atoms with van der Waals surface area (Å²) in [6, 6.07) is 10.9. The van der Waals surface area contributed by atoms with Crippen LogP contribution in [0, 0.1) is 5.92 Å². The number of hydrogen-bond acceptors (Lipinski definition) is 4. The van der Waals surface area contributed by atoms with E-state index in [1.807, 2.05) is 6.07 Å². The van der Waals surface area contributed by atoms with Crippen LogP contribution in [0.15, 0.2) is 47.6 Å². The zero-order valence-corrected chi connectivity index (χ0v) is 14.9. The summed E-state index contributed by atoms with van der Waals surface area (Å²) in [4.78, 5) is 8.93. The fourth-order valence-corrected chi connectivity index (χ4v) is 3.05. The first-order valence-electron chi connectivity index (χ1n) is 8.52. The van der Waals surface area contributed by atoms with Gasteiger partial charge in [-0.15, -0.1) is 0 Å². The number of benzene rings is 1. The molecule has 0 unspecified atom stereocenters. The molecule has 6 heteroatoms. The van der Waals surface area contributed by atoms with Crippen molar-refractivity contribution in [2.75, 3.05) is 0 Å². The Labute approximate surface area is 152 Å². The van der Waals surface area contributed by atoms with Crippen molar-refractivity contribution in [3.63, 3.8) is 0 Å². The fourth-order valence-electron chi connectivity index (χ4n) is 2.93.